The van der Waals surface area contributed by atoms with Crippen molar-refractivity contribution >= 4 is 0 Å². The zero-order valence-electron chi connectivity index (χ0n) is 53.5. The van der Waals surface area contributed by atoms with E-state index in [2.05, 4.69) is 207 Å². The molecule has 0 nitrogen and oxygen atoms in total. The van der Waals surface area contributed by atoms with Gasteiger partial charge in [-0.15, -0.1) is 0 Å². The molecule has 0 saturated heterocycles. The highest BCUT2D eigenvalue weighted by Crippen LogP contribution is 2.24. The fourth-order valence-corrected chi connectivity index (χ4v) is 11.6. The zero-order chi connectivity index (χ0) is 59.9. The van der Waals surface area contributed by atoms with Crippen LogP contribution in [0.25, 0.3) is 0 Å². The Morgan fingerprint density at radius 1 is 0.174 bits per heavy atom. The van der Waals surface area contributed by atoms with E-state index in [1.807, 2.05) is 0 Å². The minimum atomic E-state index is 0.804. The zero-order valence-corrected chi connectivity index (χ0v) is 53.5. The van der Waals surface area contributed by atoms with Crippen LogP contribution >= 0.6 is 0 Å². The number of benzene rings is 5. The van der Waals surface area contributed by atoms with Crippen LogP contribution in [0, 0.1) is 94.7 Å². The van der Waals surface area contributed by atoms with Crippen molar-refractivity contribution in [1.29, 1.82) is 0 Å². The van der Waals surface area contributed by atoms with Crippen molar-refractivity contribution in [3.8, 4) is 94.7 Å². The number of fused-ring (bicyclic) bond motifs is 10. The summed E-state index contributed by atoms with van der Waals surface area (Å²) >= 11 is 0. The lowest BCUT2D eigenvalue weighted by atomic mass is 9.95. The van der Waals surface area contributed by atoms with Gasteiger partial charge >= 0.3 is 0 Å². The van der Waals surface area contributed by atoms with Gasteiger partial charge < -0.3 is 0 Å². The quantitative estimate of drug-likeness (QED) is 0.0277. The fourth-order valence-electron chi connectivity index (χ4n) is 11.6. The minimum absolute atomic E-state index is 0.804. The average molecular weight is 1130 g/mol. The maximum atomic E-state index is 3.67. The van der Waals surface area contributed by atoms with E-state index in [0.29, 0.717) is 0 Å². The Labute approximate surface area is 524 Å². The molecule has 0 aromatic heterocycles. The summed E-state index contributed by atoms with van der Waals surface area (Å²) in [6.45, 7) is 9.15. The highest BCUT2D eigenvalue weighted by Gasteiger charge is 2.11. The highest BCUT2D eigenvalue weighted by molar-refractivity contribution is 5.68. The molecule has 0 heterocycles. The molecule has 7 rings (SSSR count). The van der Waals surface area contributed by atoms with E-state index < -0.39 is 0 Å². The monoisotopic (exact) mass is 1130 g/mol. The van der Waals surface area contributed by atoms with Gasteiger partial charge in [0.2, 0.25) is 0 Å². The van der Waals surface area contributed by atoms with Gasteiger partial charge in [0, 0.05) is 66.8 Å². The first-order chi connectivity index (χ1) is 42.5. The first kappa shape index (κ1) is 66.1. The van der Waals surface area contributed by atoms with Crippen molar-refractivity contribution in [2.75, 3.05) is 0 Å². The summed E-state index contributed by atoms with van der Waals surface area (Å²) in [4.78, 5) is 0. The van der Waals surface area contributed by atoms with Gasteiger partial charge in [0.15, 0.2) is 0 Å². The first-order valence-corrected chi connectivity index (χ1v) is 34.3. The molecule has 0 spiro atoms. The summed E-state index contributed by atoms with van der Waals surface area (Å²) < 4.78 is 0. The Morgan fingerprint density at radius 3 is 0.547 bits per heavy atom. The number of unbranched alkanes of at least 4 members (excludes halogenated alkanes) is 28. The molecule has 0 amide bonds. The Morgan fingerprint density at radius 2 is 0.349 bits per heavy atom. The van der Waals surface area contributed by atoms with E-state index in [-0.39, 0.29) is 0 Å². The minimum Gasteiger partial charge on any atom is -0.0654 e. The summed E-state index contributed by atoms with van der Waals surface area (Å²) in [5.41, 5.74) is 15.4. The van der Waals surface area contributed by atoms with Gasteiger partial charge in [-0.05, 0) is 158 Å². The van der Waals surface area contributed by atoms with Crippen LogP contribution in [0.4, 0.5) is 0 Å². The van der Waals surface area contributed by atoms with Crippen molar-refractivity contribution in [2.45, 2.75) is 259 Å². The third kappa shape index (κ3) is 24.2. The van der Waals surface area contributed by atoms with Crippen LogP contribution in [0.15, 0.2) is 84.9 Å². The lowest BCUT2D eigenvalue weighted by Crippen LogP contribution is -1.95. The molecule has 0 unspecified atom stereocenters. The molecule has 442 valence electrons. The van der Waals surface area contributed by atoms with E-state index >= 15 is 0 Å². The largest absolute Gasteiger partial charge is 0.0654 e. The average Bonchev–Trinajstić information content (AvgIpc) is 3.51. The van der Waals surface area contributed by atoms with E-state index in [4.69, 9.17) is 0 Å². The number of hydrogen-bond donors (Lipinski definition) is 0. The number of aryl methyl sites for hydroxylation is 4. The van der Waals surface area contributed by atoms with Crippen LogP contribution in [-0.4, -0.2) is 0 Å². The third-order valence-corrected chi connectivity index (χ3v) is 17.0. The van der Waals surface area contributed by atoms with Gasteiger partial charge in [-0.3, -0.25) is 0 Å². The van der Waals surface area contributed by atoms with Crippen LogP contribution in [0.1, 0.15) is 322 Å². The maximum Gasteiger partial charge on any atom is 0.0419 e. The second-order valence-electron chi connectivity index (χ2n) is 24.4. The molecule has 2 aliphatic rings. The third-order valence-electron chi connectivity index (χ3n) is 17.0. The summed E-state index contributed by atoms with van der Waals surface area (Å²) in [5, 5.41) is 0. The van der Waals surface area contributed by atoms with E-state index in [0.717, 1.165) is 118 Å². The Bertz CT molecular complexity index is 3030. The van der Waals surface area contributed by atoms with Gasteiger partial charge in [0.1, 0.15) is 0 Å². The molecule has 5 aromatic rings. The van der Waals surface area contributed by atoms with Crippen molar-refractivity contribution < 1.29 is 0 Å². The fraction of sp³-hybridized carbons (Fsp3) is 0.465. The Hall–Kier alpha value is -7.42. The molecule has 0 aliphatic heterocycles. The maximum absolute atomic E-state index is 3.67. The second-order valence-corrected chi connectivity index (χ2v) is 24.4. The molecule has 2 aliphatic carbocycles. The summed E-state index contributed by atoms with van der Waals surface area (Å²) in [6, 6.07) is 30.8. The predicted octanol–water partition coefficient (Wildman–Crippen LogP) is 21.5. The highest BCUT2D eigenvalue weighted by atomic mass is 14.1. The molecule has 0 heteroatoms. The van der Waals surface area contributed by atoms with Gasteiger partial charge in [0.25, 0.3) is 0 Å². The topological polar surface area (TPSA) is 0 Å². The molecule has 0 fully saturated rings. The van der Waals surface area contributed by atoms with Crippen molar-refractivity contribution in [3.63, 3.8) is 0 Å². The summed E-state index contributed by atoms with van der Waals surface area (Å²) in [5.74, 6) is 55.9. The lowest BCUT2D eigenvalue weighted by Gasteiger charge is -2.07. The van der Waals surface area contributed by atoms with Gasteiger partial charge in [0.05, 0.1) is 0 Å². The molecule has 0 radical (unpaired) electrons. The molecule has 0 saturated carbocycles. The van der Waals surface area contributed by atoms with E-state index in [1.165, 1.54) is 202 Å². The Balaban J connectivity index is 1.33. The predicted molar refractivity (Wildman–Crippen MR) is 369 cm³/mol. The summed E-state index contributed by atoms with van der Waals surface area (Å²) in [7, 11) is 0. The number of hydrogen-bond acceptors (Lipinski definition) is 0. The van der Waals surface area contributed by atoms with Crippen molar-refractivity contribution in [2.24, 2.45) is 0 Å². The van der Waals surface area contributed by atoms with Gasteiger partial charge in [-0.25, -0.2) is 0 Å². The molecular weight excluding hydrogens is 1030 g/mol. The smallest absolute Gasteiger partial charge is 0.0419 e. The van der Waals surface area contributed by atoms with Crippen LogP contribution in [0.5, 0.6) is 0 Å². The normalized spacial score (nSPS) is 11.3. The van der Waals surface area contributed by atoms with Crippen LogP contribution in [0.3, 0.4) is 0 Å². The molecule has 4 bridgehead atoms. The standard InChI is InChI=1S/C86H98/c1-5-9-13-17-21-25-29-33-41-71-49-53-75-45-37-38-46-76-54-50-72(42-34-30-26-22-18-14-10-6-2)67-81(76)59-63-85-69-83(61-57-79(75)65-71)84-62-58-80-66-73(43-35-31-27-23-19-15-11-7-3)51-55-77(80)47-39-40-48-78-56-52-74(68-82(78)60-64-86(85)70-84)44-36-32-28-24-20-16-12-8-4/h49-56,65-70H,5-36,41-44H2,1-4H3. The summed E-state index contributed by atoms with van der Waals surface area (Å²) in [6.07, 6.45) is 45.3. The molecule has 5 aromatic carbocycles. The molecule has 0 N–H and O–H groups in total. The molecule has 0 atom stereocenters. The number of rotatable bonds is 36. The first-order valence-electron chi connectivity index (χ1n) is 34.3. The van der Waals surface area contributed by atoms with Gasteiger partial charge in [-0.2, -0.15) is 0 Å². The molecular formula is C86H98. The van der Waals surface area contributed by atoms with E-state index in [1.54, 1.807) is 0 Å². The Kier molecular flexibility index (Phi) is 30.8. The van der Waals surface area contributed by atoms with Crippen LogP contribution < -0.4 is 0 Å². The van der Waals surface area contributed by atoms with Crippen LogP contribution in [-0.2, 0) is 25.7 Å². The van der Waals surface area contributed by atoms with Crippen molar-refractivity contribution in [1.82, 2.24) is 0 Å². The van der Waals surface area contributed by atoms with Crippen LogP contribution in [0.2, 0.25) is 0 Å². The lowest BCUT2D eigenvalue weighted by molar-refractivity contribution is 0.575. The second kappa shape index (κ2) is 40.1. The van der Waals surface area contributed by atoms with E-state index in [9.17, 15) is 0 Å². The van der Waals surface area contributed by atoms with Gasteiger partial charge in [-0.1, -0.05) is 303 Å². The molecule has 86 heavy (non-hydrogen) atoms. The SMILES string of the molecule is CCCCCCCCCCc1ccc2c(c1)C#Cc1cc(c3cc1C#Cc1cc(CCCCCCCCCC)ccc1C#CC#Cc1ccc(CCCCCCCCCC)cc1C#C3)C#Cc1cc(CCCCCCCCCC)ccc1C#CC#C2. The van der Waals surface area contributed by atoms with Crippen molar-refractivity contribution in [3.05, 3.63) is 174 Å².